The molecule has 4 heteroatoms. The van der Waals surface area contributed by atoms with Crippen LogP contribution >= 0.6 is 23.2 Å². The van der Waals surface area contributed by atoms with Crippen molar-refractivity contribution in [1.82, 2.24) is 4.90 Å². The molecule has 2 rings (SSSR count). The van der Waals surface area contributed by atoms with Crippen LogP contribution < -0.4 is 0 Å². The molecule has 1 unspecified atom stereocenters. The largest absolute Gasteiger partial charge is 0.388 e. The van der Waals surface area contributed by atoms with Gasteiger partial charge in [-0.05, 0) is 50.2 Å². The van der Waals surface area contributed by atoms with Crippen LogP contribution in [-0.4, -0.2) is 35.7 Å². The average molecular weight is 274 g/mol. The summed E-state index contributed by atoms with van der Waals surface area (Å²) in [5.74, 6) is 0. The van der Waals surface area contributed by atoms with E-state index >= 15 is 0 Å². The molecule has 1 saturated heterocycles. The molecule has 17 heavy (non-hydrogen) atoms. The summed E-state index contributed by atoms with van der Waals surface area (Å²) in [5.41, 5.74) is 0.249. The van der Waals surface area contributed by atoms with E-state index in [-0.39, 0.29) is 0 Å². The van der Waals surface area contributed by atoms with Gasteiger partial charge in [0.2, 0.25) is 0 Å². The Morgan fingerprint density at radius 3 is 2.88 bits per heavy atom. The zero-order valence-corrected chi connectivity index (χ0v) is 11.4. The zero-order valence-electron chi connectivity index (χ0n) is 9.92. The SMILES string of the molecule is CN1CCCC(O)(Cc2cc(Cl)ccc2Cl)C1. The minimum Gasteiger partial charge on any atom is -0.388 e. The van der Waals surface area contributed by atoms with Gasteiger partial charge in [-0.25, -0.2) is 0 Å². The summed E-state index contributed by atoms with van der Waals surface area (Å²) in [6.45, 7) is 1.74. The number of hydrogen-bond donors (Lipinski definition) is 1. The monoisotopic (exact) mass is 273 g/mol. The fourth-order valence-corrected chi connectivity index (χ4v) is 2.90. The van der Waals surface area contributed by atoms with Crippen molar-refractivity contribution < 1.29 is 5.11 Å². The summed E-state index contributed by atoms with van der Waals surface area (Å²) in [5, 5.41) is 11.9. The number of piperidine rings is 1. The van der Waals surface area contributed by atoms with Gasteiger partial charge < -0.3 is 10.0 Å². The lowest BCUT2D eigenvalue weighted by molar-refractivity contribution is -0.0223. The lowest BCUT2D eigenvalue weighted by Gasteiger charge is -2.37. The van der Waals surface area contributed by atoms with Crippen LogP contribution in [0.5, 0.6) is 0 Å². The van der Waals surface area contributed by atoms with Gasteiger partial charge in [0.1, 0.15) is 0 Å². The summed E-state index contributed by atoms with van der Waals surface area (Å²) in [7, 11) is 2.03. The van der Waals surface area contributed by atoms with Crippen LogP contribution in [0.1, 0.15) is 18.4 Å². The van der Waals surface area contributed by atoms with Crippen molar-refractivity contribution in [2.45, 2.75) is 24.9 Å². The molecule has 1 fully saturated rings. The quantitative estimate of drug-likeness (QED) is 0.896. The van der Waals surface area contributed by atoms with E-state index in [0.29, 0.717) is 23.0 Å². The van der Waals surface area contributed by atoms with Crippen molar-refractivity contribution in [3.63, 3.8) is 0 Å². The predicted octanol–water partition coefficient (Wildman–Crippen LogP) is 2.99. The zero-order chi connectivity index (χ0) is 12.5. The van der Waals surface area contributed by atoms with E-state index in [9.17, 15) is 5.11 Å². The fourth-order valence-electron chi connectivity index (χ4n) is 2.52. The lowest BCUT2D eigenvalue weighted by atomic mass is 9.87. The summed E-state index contributed by atoms with van der Waals surface area (Å²) in [6, 6.07) is 5.40. The molecule has 1 atom stereocenters. The van der Waals surface area contributed by atoms with E-state index in [0.717, 1.165) is 24.9 Å². The van der Waals surface area contributed by atoms with E-state index in [2.05, 4.69) is 4.90 Å². The van der Waals surface area contributed by atoms with E-state index < -0.39 is 5.60 Å². The number of halogens is 2. The van der Waals surface area contributed by atoms with Gasteiger partial charge in [0.25, 0.3) is 0 Å². The van der Waals surface area contributed by atoms with Gasteiger partial charge in [0.15, 0.2) is 0 Å². The third-order valence-electron chi connectivity index (χ3n) is 3.27. The molecule has 1 aromatic rings. The van der Waals surface area contributed by atoms with Gasteiger partial charge in [-0.15, -0.1) is 0 Å². The molecule has 1 aromatic carbocycles. The number of likely N-dealkylation sites (tertiary alicyclic amines) is 1. The lowest BCUT2D eigenvalue weighted by Crippen LogP contribution is -2.47. The van der Waals surface area contributed by atoms with E-state index in [1.54, 1.807) is 12.1 Å². The van der Waals surface area contributed by atoms with Gasteiger partial charge in [0, 0.05) is 23.0 Å². The minimum absolute atomic E-state index is 0.566. The number of hydrogen-bond acceptors (Lipinski definition) is 2. The van der Waals surface area contributed by atoms with Crippen molar-refractivity contribution in [2.75, 3.05) is 20.1 Å². The Labute approximate surface area is 112 Å². The standard InChI is InChI=1S/C13H17Cl2NO/c1-16-6-2-5-13(17,9-16)8-10-7-11(14)3-4-12(10)15/h3-4,7,17H,2,5-6,8-9H2,1H3. The highest BCUT2D eigenvalue weighted by atomic mass is 35.5. The molecule has 0 aromatic heterocycles. The summed E-state index contributed by atoms with van der Waals surface area (Å²) < 4.78 is 0. The van der Waals surface area contributed by atoms with Crippen molar-refractivity contribution in [2.24, 2.45) is 0 Å². The normalized spacial score (nSPS) is 26.1. The molecule has 94 valence electrons. The molecule has 1 N–H and O–H groups in total. The van der Waals surface area contributed by atoms with Crippen molar-refractivity contribution in [3.05, 3.63) is 33.8 Å². The van der Waals surface area contributed by atoms with Gasteiger partial charge in [-0.3, -0.25) is 0 Å². The second-order valence-corrected chi connectivity index (χ2v) is 5.82. The molecule has 1 aliphatic rings. The minimum atomic E-state index is -0.679. The number of aliphatic hydroxyl groups is 1. The topological polar surface area (TPSA) is 23.5 Å². The van der Waals surface area contributed by atoms with Crippen LogP contribution in [0, 0.1) is 0 Å². The van der Waals surface area contributed by atoms with Crippen LogP contribution in [0.3, 0.4) is 0 Å². The predicted molar refractivity (Wildman–Crippen MR) is 71.8 cm³/mol. The summed E-state index contributed by atoms with van der Waals surface area (Å²) in [4.78, 5) is 2.15. The molecule has 0 amide bonds. The Bertz CT molecular complexity index is 410. The summed E-state index contributed by atoms with van der Waals surface area (Å²) >= 11 is 12.1. The maximum atomic E-state index is 10.6. The molecule has 0 spiro atoms. The molecule has 0 aliphatic carbocycles. The van der Waals surface area contributed by atoms with Crippen LogP contribution in [0.4, 0.5) is 0 Å². The van der Waals surface area contributed by atoms with E-state index in [1.807, 2.05) is 13.1 Å². The second-order valence-electron chi connectivity index (χ2n) is 4.98. The van der Waals surface area contributed by atoms with Crippen molar-refractivity contribution in [1.29, 1.82) is 0 Å². The molecule has 0 saturated carbocycles. The first-order valence-electron chi connectivity index (χ1n) is 5.83. The van der Waals surface area contributed by atoms with Crippen LogP contribution in [0.15, 0.2) is 18.2 Å². The Hall–Kier alpha value is -0.280. The molecule has 2 nitrogen and oxygen atoms in total. The van der Waals surface area contributed by atoms with Gasteiger partial charge in [0.05, 0.1) is 5.60 Å². The molecule has 1 aliphatic heterocycles. The van der Waals surface area contributed by atoms with E-state index in [4.69, 9.17) is 23.2 Å². The summed E-state index contributed by atoms with van der Waals surface area (Å²) in [6.07, 6.45) is 2.40. The highest BCUT2D eigenvalue weighted by molar-refractivity contribution is 6.33. The third kappa shape index (κ3) is 3.35. The maximum absolute atomic E-state index is 10.6. The van der Waals surface area contributed by atoms with Crippen molar-refractivity contribution >= 4 is 23.2 Å². The van der Waals surface area contributed by atoms with Crippen LogP contribution in [0.2, 0.25) is 10.0 Å². The molecule has 0 bridgehead atoms. The highest BCUT2D eigenvalue weighted by Gasteiger charge is 2.32. The van der Waals surface area contributed by atoms with Gasteiger partial charge >= 0.3 is 0 Å². The van der Waals surface area contributed by atoms with E-state index in [1.165, 1.54) is 0 Å². The van der Waals surface area contributed by atoms with Crippen molar-refractivity contribution in [3.8, 4) is 0 Å². The number of rotatable bonds is 2. The molecular weight excluding hydrogens is 257 g/mol. The second kappa shape index (κ2) is 5.15. The maximum Gasteiger partial charge on any atom is 0.0815 e. The fraction of sp³-hybridized carbons (Fsp3) is 0.538. The van der Waals surface area contributed by atoms with Crippen LogP contribution in [0.25, 0.3) is 0 Å². The Kier molecular flexibility index (Phi) is 3.99. The Morgan fingerprint density at radius 1 is 1.41 bits per heavy atom. The number of nitrogens with zero attached hydrogens (tertiary/aromatic N) is 1. The Morgan fingerprint density at radius 2 is 2.18 bits per heavy atom. The molecule has 1 heterocycles. The first-order valence-corrected chi connectivity index (χ1v) is 6.59. The number of benzene rings is 1. The molecular formula is C13H17Cl2NO. The van der Waals surface area contributed by atoms with Crippen LogP contribution in [-0.2, 0) is 6.42 Å². The smallest absolute Gasteiger partial charge is 0.0815 e. The molecule has 0 radical (unpaired) electrons. The number of likely N-dealkylation sites (N-methyl/N-ethyl adjacent to an activating group) is 1. The first kappa shape index (κ1) is 13.2. The average Bonchev–Trinajstić information content (AvgIpc) is 2.22. The Balaban J connectivity index is 2.16. The first-order chi connectivity index (χ1) is 7.98. The van der Waals surface area contributed by atoms with Gasteiger partial charge in [-0.2, -0.15) is 0 Å². The highest BCUT2D eigenvalue weighted by Crippen LogP contribution is 2.29. The van der Waals surface area contributed by atoms with Gasteiger partial charge in [-0.1, -0.05) is 23.2 Å². The number of β-amino-alcohol motifs (C(OH)–C–C–N with tert-alkyl or cyclic N) is 1. The third-order valence-corrected chi connectivity index (χ3v) is 3.88.